The number of nitrogens with zero attached hydrogens (tertiary/aromatic N) is 1. The molecule has 1 saturated carbocycles. The molecule has 0 radical (unpaired) electrons. The second-order valence-electron chi connectivity index (χ2n) is 4.68. The quantitative estimate of drug-likeness (QED) is 0.830. The maximum atomic E-state index is 5.75. The average Bonchev–Trinajstić information content (AvgIpc) is 2.59. The number of hydrogen-bond donors (Lipinski definition) is 1. The molecule has 1 unspecified atom stereocenters. The fourth-order valence-corrected chi connectivity index (χ4v) is 2.30. The highest BCUT2D eigenvalue weighted by Crippen LogP contribution is 2.37. The van der Waals surface area contributed by atoms with Gasteiger partial charge in [0, 0.05) is 19.0 Å². The predicted octanol–water partition coefficient (Wildman–Crippen LogP) is 1.91. The number of aryl methyl sites for hydroxylation is 1. The van der Waals surface area contributed by atoms with E-state index in [9.17, 15) is 0 Å². The molecular formula is C12H18N2O2. The molecular weight excluding hydrogens is 204 g/mol. The summed E-state index contributed by atoms with van der Waals surface area (Å²) in [5.41, 5.74) is 0.995. The lowest BCUT2D eigenvalue weighted by molar-refractivity contribution is 0.0244. The lowest BCUT2D eigenvalue weighted by Crippen LogP contribution is -2.33. The number of aromatic nitrogens is 1. The van der Waals surface area contributed by atoms with Gasteiger partial charge in [0.25, 0.3) is 0 Å². The molecule has 0 amide bonds. The molecule has 0 bridgehead atoms. The number of rotatable bonds is 2. The Hall–Kier alpha value is -0.870. The van der Waals surface area contributed by atoms with Gasteiger partial charge in [0.05, 0.1) is 6.61 Å². The second-order valence-corrected chi connectivity index (χ2v) is 4.68. The summed E-state index contributed by atoms with van der Waals surface area (Å²) in [6, 6.07) is 0. The topological polar surface area (TPSA) is 47.3 Å². The molecule has 16 heavy (non-hydrogen) atoms. The normalized spacial score (nSPS) is 26.7. The van der Waals surface area contributed by atoms with Crippen molar-refractivity contribution < 1.29 is 9.15 Å². The first kappa shape index (κ1) is 10.3. The van der Waals surface area contributed by atoms with E-state index in [2.05, 4.69) is 10.3 Å². The molecule has 0 spiro atoms. The Bertz CT molecular complexity index is 365. The standard InChI is InChI=1S/C12H18N2O2/c1-8-11(10-7-13-5-6-15-10)14-12(16-8)9-3-2-4-9/h9-10,13H,2-7H2,1H3. The summed E-state index contributed by atoms with van der Waals surface area (Å²) in [6.45, 7) is 4.53. The van der Waals surface area contributed by atoms with Gasteiger partial charge in [-0.1, -0.05) is 6.42 Å². The highest BCUT2D eigenvalue weighted by molar-refractivity contribution is 5.15. The summed E-state index contributed by atoms with van der Waals surface area (Å²) in [4.78, 5) is 4.62. The van der Waals surface area contributed by atoms with E-state index in [0.717, 1.165) is 37.0 Å². The lowest BCUT2D eigenvalue weighted by atomic mass is 9.85. The van der Waals surface area contributed by atoms with E-state index in [1.807, 2.05) is 6.92 Å². The Morgan fingerprint density at radius 2 is 2.25 bits per heavy atom. The fraction of sp³-hybridized carbons (Fsp3) is 0.750. The van der Waals surface area contributed by atoms with Crippen molar-refractivity contribution in [2.24, 2.45) is 0 Å². The highest BCUT2D eigenvalue weighted by Gasteiger charge is 2.28. The van der Waals surface area contributed by atoms with Crippen LogP contribution in [0, 0.1) is 6.92 Å². The van der Waals surface area contributed by atoms with Gasteiger partial charge < -0.3 is 14.5 Å². The lowest BCUT2D eigenvalue weighted by Gasteiger charge is -2.22. The van der Waals surface area contributed by atoms with Crippen molar-refractivity contribution in [1.29, 1.82) is 0 Å². The van der Waals surface area contributed by atoms with Crippen LogP contribution >= 0.6 is 0 Å². The molecule has 0 aromatic carbocycles. The van der Waals surface area contributed by atoms with Gasteiger partial charge in [-0.3, -0.25) is 0 Å². The van der Waals surface area contributed by atoms with Crippen LogP contribution in [0.5, 0.6) is 0 Å². The Balaban J connectivity index is 1.79. The van der Waals surface area contributed by atoms with Crippen LogP contribution in [0.4, 0.5) is 0 Å². The van der Waals surface area contributed by atoms with Crippen molar-refractivity contribution in [1.82, 2.24) is 10.3 Å². The number of morpholine rings is 1. The Kier molecular flexibility index (Phi) is 2.69. The van der Waals surface area contributed by atoms with Crippen LogP contribution in [-0.2, 0) is 4.74 Å². The molecule has 1 N–H and O–H groups in total. The molecule has 2 fully saturated rings. The molecule has 4 heteroatoms. The zero-order valence-electron chi connectivity index (χ0n) is 9.66. The van der Waals surface area contributed by atoms with Gasteiger partial charge in [-0.15, -0.1) is 0 Å². The smallest absolute Gasteiger partial charge is 0.197 e. The SMILES string of the molecule is Cc1oc(C2CCC2)nc1C1CNCCO1. The van der Waals surface area contributed by atoms with Gasteiger partial charge >= 0.3 is 0 Å². The average molecular weight is 222 g/mol. The van der Waals surface area contributed by atoms with E-state index in [0.29, 0.717) is 5.92 Å². The van der Waals surface area contributed by atoms with Crippen molar-refractivity contribution in [3.63, 3.8) is 0 Å². The third kappa shape index (κ3) is 1.76. The van der Waals surface area contributed by atoms with E-state index in [-0.39, 0.29) is 6.10 Å². The van der Waals surface area contributed by atoms with Crippen LogP contribution in [0.15, 0.2) is 4.42 Å². The maximum absolute atomic E-state index is 5.75. The summed E-state index contributed by atoms with van der Waals surface area (Å²) < 4.78 is 11.5. The molecule has 4 nitrogen and oxygen atoms in total. The first-order valence-corrected chi connectivity index (χ1v) is 6.14. The Morgan fingerprint density at radius 3 is 2.88 bits per heavy atom. The molecule has 1 aliphatic heterocycles. The zero-order valence-corrected chi connectivity index (χ0v) is 9.66. The summed E-state index contributed by atoms with van der Waals surface area (Å²) in [5.74, 6) is 2.41. The molecule has 2 aliphatic rings. The third-order valence-electron chi connectivity index (χ3n) is 3.54. The molecule has 3 rings (SSSR count). The molecule has 1 aromatic rings. The number of nitrogens with one attached hydrogen (secondary N) is 1. The summed E-state index contributed by atoms with van der Waals surface area (Å²) in [6.07, 6.45) is 3.83. The molecule has 1 saturated heterocycles. The van der Waals surface area contributed by atoms with Crippen LogP contribution in [0.25, 0.3) is 0 Å². The second kappa shape index (κ2) is 4.18. The summed E-state index contributed by atoms with van der Waals surface area (Å²) >= 11 is 0. The van der Waals surface area contributed by atoms with E-state index in [4.69, 9.17) is 9.15 Å². The van der Waals surface area contributed by atoms with Gasteiger partial charge in [-0.25, -0.2) is 4.98 Å². The minimum Gasteiger partial charge on any atom is -0.445 e. The van der Waals surface area contributed by atoms with Crippen LogP contribution in [0.3, 0.4) is 0 Å². The maximum Gasteiger partial charge on any atom is 0.197 e. The van der Waals surface area contributed by atoms with Crippen LogP contribution < -0.4 is 5.32 Å². The molecule has 1 aromatic heterocycles. The molecule has 88 valence electrons. The van der Waals surface area contributed by atoms with Crippen molar-refractivity contribution in [3.05, 3.63) is 17.3 Å². The van der Waals surface area contributed by atoms with Gasteiger partial charge in [-0.05, 0) is 19.8 Å². The van der Waals surface area contributed by atoms with E-state index in [1.165, 1.54) is 19.3 Å². The largest absolute Gasteiger partial charge is 0.445 e. The van der Waals surface area contributed by atoms with Crippen molar-refractivity contribution >= 4 is 0 Å². The summed E-state index contributed by atoms with van der Waals surface area (Å²) in [7, 11) is 0. The van der Waals surface area contributed by atoms with Crippen LogP contribution in [0.1, 0.15) is 48.6 Å². The molecule has 1 atom stereocenters. The number of ether oxygens (including phenoxy) is 1. The number of hydrogen-bond acceptors (Lipinski definition) is 4. The fourth-order valence-electron chi connectivity index (χ4n) is 2.30. The van der Waals surface area contributed by atoms with Crippen molar-refractivity contribution in [3.8, 4) is 0 Å². The molecule has 2 heterocycles. The first-order chi connectivity index (χ1) is 7.84. The van der Waals surface area contributed by atoms with E-state index in [1.54, 1.807) is 0 Å². The van der Waals surface area contributed by atoms with Crippen LogP contribution in [0.2, 0.25) is 0 Å². The first-order valence-electron chi connectivity index (χ1n) is 6.14. The van der Waals surface area contributed by atoms with E-state index >= 15 is 0 Å². The highest BCUT2D eigenvalue weighted by atomic mass is 16.5. The van der Waals surface area contributed by atoms with Gasteiger partial charge in [0.1, 0.15) is 17.6 Å². The molecule has 1 aliphatic carbocycles. The summed E-state index contributed by atoms with van der Waals surface area (Å²) in [5, 5.41) is 3.32. The minimum absolute atomic E-state index is 0.0753. The third-order valence-corrected chi connectivity index (χ3v) is 3.54. The predicted molar refractivity (Wildman–Crippen MR) is 59.4 cm³/mol. The number of oxazole rings is 1. The zero-order chi connectivity index (χ0) is 11.0. The van der Waals surface area contributed by atoms with Gasteiger partial charge in [-0.2, -0.15) is 0 Å². The minimum atomic E-state index is 0.0753. The Morgan fingerprint density at radius 1 is 1.38 bits per heavy atom. The van der Waals surface area contributed by atoms with E-state index < -0.39 is 0 Å². The van der Waals surface area contributed by atoms with Gasteiger partial charge in [0.15, 0.2) is 5.89 Å². The van der Waals surface area contributed by atoms with Gasteiger partial charge in [0.2, 0.25) is 0 Å². The van der Waals surface area contributed by atoms with Crippen molar-refractivity contribution in [2.75, 3.05) is 19.7 Å². The van der Waals surface area contributed by atoms with Crippen molar-refractivity contribution in [2.45, 2.75) is 38.2 Å². The Labute approximate surface area is 95.4 Å². The van der Waals surface area contributed by atoms with Crippen LogP contribution in [-0.4, -0.2) is 24.7 Å². The monoisotopic (exact) mass is 222 g/mol.